The molecule has 1 heterocycles. The van der Waals surface area contributed by atoms with E-state index in [0.717, 1.165) is 12.1 Å². The van der Waals surface area contributed by atoms with Crippen molar-refractivity contribution in [2.24, 2.45) is 0 Å². The van der Waals surface area contributed by atoms with Crippen molar-refractivity contribution in [3.05, 3.63) is 29.3 Å². The van der Waals surface area contributed by atoms with Gasteiger partial charge in [0.2, 0.25) is 11.8 Å². The van der Waals surface area contributed by atoms with Crippen LogP contribution in [0.15, 0.2) is 18.2 Å². The van der Waals surface area contributed by atoms with Gasteiger partial charge in [-0.1, -0.05) is 6.07 Å². The van der Waals surface area contributed by atoms with Crippen LogP contribution < -0.4 is 10.2 Å². The molecule has 0 aromatic heterocycles. The first-order valence-corrected chi connectivity index (χ1v) is 6.04. The molecule has 4 nitrogen and oxygen atoms in total. The third-order valence-corrected chi connectivity index (χ3v) is 3.13. The lowest BCUT2D eigenvalue weighted by molar-refractivity contribution is -0.137. The Labute approximate surface area is 113 Å². The maximum Gasteiger partial charge on any atom is 0.416 e. The predicted molar refractivity (Wildman–Crippen MR) is 66.2 cm³/mol. The van der Waals surface area contributed by atoms with Gasteiger partial charge in [0.05, 0.1) is 12.1 Å². The van der Waals surface area contributed by atoms with Gasteiger partial charge in [0.1, 0.15) is 0 Å². The van der Waals surface area contributed by atoms with E-state index in [4.69, 9.17) is 0 Å². The van der Waals surface area contributed by atoms with Crippen LogP contribution >= 0.6 is 0 Å². The van der Waals surface area contributed by atoms with Crippen LogP contribution in [0.4, 0.5) is 18.9 Å². The summed E-state index contributed by atoms with van der Waals surface area (Å²) in [6, 6.07) is 3.25. The van der Waals surface area contributed by atoms with E-state index in [9.17, 15) is 22.8 Å². The monoisotopic (exact) mass is 286 g/mol. The van der Waals surface area contributed by atoms with E-state index < -0.39 is 17.6 Å². The molecule has 20 heavy (non-hydrogen) atoms. The quantitative estimate of drug-likeness (QED) is 0.856. The standard InChI is InChI=1S/C13H13F3N2O2/c1-8-2-3-9(13(14,15)16)6-10(8)18-5-4-11(19)17-7-12(18)20/h2-3,6H,4-5,7H2,1H3,(H,17,19). The van der Waals surface area contributed by atoms with E-state index in [2.05, 4.69) is 5.32 Å². The number of nitrogens with one attached hydrogen (secondary N) is 1. The Morgan fingerprint density at radius 3 is 2.60 bits per heavy atom. The van der Waals surface area contributed by atoms with E-state index in [1.807, 2.05) is 0 Å². The average Bonchev–Trinajstić information content (AvgIpc) is 2.52. The van der Waals surface area contributed by atoms with Gasteiger partial charge in [-0.05, 0) is 24.6 Å². The fourth-order valence-electron chi connectivity index (χ4n) is 2.03. The number of carbonyl (C=O) groups is 2. The largest absolute Gasteiger partial charge is 0.416 e. The zero-order valence-electron chi connectivity index (χ0n) is 10.8. The number of aryl methyl sites for hydroxylation is 1. The van der Waals surface area contributed by atoms with Crippen LogP contribution in [-0.4, -0.2) is 24.9 Å². The maximum atomic E-state index is 12.7. The van der Waals surface area contributed by atoms with Crippen molar-refractivity contribution in [3.63, 3.8) is 0 Å². The Morgan fingerprint density at radius 2 is 1.95 bits per heavy atom. The highest BCUT2D eigenvalue weighted by molar-refractivity contribution is 5.99. The summed E-state index contributed by atoms with van der Waals surface area (Å²) in [7, 11) is 0. The van der Waals surface area contributed by atoms with Gasteiger partial charge in [-0.2, -0.15) is 13.2 Å². The van der Waals surface area contributed by atoms with Crippen molar-refractivity contribution < 1.29 is 22.8 Å². The van der Waals surface area contributed by atoms with Crippen molar-refractivity contribution in [2.45, 2.75) is 19.5 Å². The first kappa shape index (κ1) is 14.4. The van der Waals surface area contributed by atoms with Crippen LogP contribution in [0.1, 0.15) is 17.5 Å². The lowest BCUT2D eigenvalue weighted by Gasteiger charge is -2.23. The van der Waals surface area contributed by atoms with Gasteiger partial charge in [-0.3, -0.25) is 9.59 Å². The number of amides is 2. The molecule has 0 radical (unpaired) electrons. The van der Waals surface area contributed by atoms with Crippen molar-refractivity contribution in [1.29, 1.82) is 0 Å². The van der Waals surface area contributed by atoms with Crippen molar-refractivity contribution in [3.8, 4) is 0 Å². The number of nitrogens with zero attached hydrogens (tertiary/aromatic N) is 1. The molecule has 0 saturated carbocycles. The molecule has 7 heteroatoms. The zero-order valence-corrected chi connectivity index (χ0v) is 10.8. The van der Waals surface area contributed by atoms with Gasteiger partial charge >= 0.3 is 6.18 Å². The van der Waals surface area contributed by atoms with Gasteiger partial charge in [0, 0.05) is 18.7 Å². The number of halogens is 3. The highest BCUT2D eigenvalue weighted by Crippen LogP contribution is 2.33. The van der Waals surface area contributed by atoms with Crippen LogP contribution in [0.5, 0.6) is 0 Å². The summed E-state index contributed by atoms with van der Waals surface area (Å²) in [5, 5.41) is 2.41. The van der Waals surface area contributed by atoms with E-state index in [-0.39, 0.29) is 31.1 Å². The number of alkyl halides is 3. The maximum absolute atomic E-state index is 12.7. The molecule has 1 fully saturated rings. The lowest BCUT2D eigenvalue weighted by atomic mass is 10.1. The van der Waals surface area contributed by atoms with Crippen LogP contribution in [-0.2, 0) is 15.8 Å². The summed E-state index contributed by atoms with van der Waals surface area (Å²) in [5.41, 5.74) is -0.0588. The molecule has 0 spiro atoms. The van der Waals surface area contributed by atoms with E-state index in [1.165, 1.54) is 11.0 Å². The number of carbonyl (C=O) groups excluding carboxylic acids is 2. The molecular weight excluding hydrogens is 273 g/mol. The molecule has 0 bridgehead atoms. The first-order chi connectivity index (χ1) is 9.29. The van der Waals surface area contributed by atoms with Crippen molar-refractivity contribution in [1.82, 2.24) is 5.32 Å². The predicted octanol–water partition coefficient (Wildman–Crippen LogP) is 1.87. The number of benzene rings is 1. The molecular formula is C13H13F3N2O2. The molecule has 108 valence electrons. The van der Waals surface area contributed by atoms with Crippen LogP contribution in [0.2, 0.25) is 0 Å². The summed E-state index contributed by atoms with van der Waals surface area (Å²) < 4.78 is 38.2. The molecule has 1 aromatic carbocycles. The molecule has 2 rings (SSSR count). The van der Waals surface area contributed by atoms with Crippen LogP contribution in [0.3, 0.4) is 0 Å². The SMILES string of the molecule is Cc1ccc(C(F)(F)F)cc1N1CCC(=O)NCC1=O. The summed E-state index contributed by atoms with van der Waals surface area (Å²) in [6.45, 7) is 1.50. The summed E-state index contributed by atoms with van der Waals surface area (Å²) in [6.07, 6.45) is -4.40. The minimum absolute atomic E-state index is 0.0709. The Kier molecular flexibility index (Phi) is 3.69. The summed E-state index contributed by atoms with van der Waals surface area (Å²) in [4.78, 5) is 24.4. The second-order valence-electron chi connectivity index (χ2n) is 4.57. The smallest absolute Gasteiger partial charge is 0.347 e. The normalized spacial score (nSPS) is 16.9. The molecule has 1 aliphatic rings. The van der Waals surface area contributed by atoms with Gasteiger partial charge in [0.25, 0.3) is 0 Å². The van der Waals surface area contributed by atoms with Crippen molar-refractivity contribution >= 4 is 17.5 Å². The highest BCUT2D eigenvalue weighted by atomic mass is 19.4. The highest BCUT2D eigenvalue weighted by Gasteiger charge is 2.32. The van der Waals surface area contributed by atoms with Gasteiger partial charge in [-0.15, -0.1) is 0 Å². The molecule has 1 aliphatic heterocycles. The molecule has 0 atom stereocenters. The average molecular weight is 286 g/mol. The Hall–Kier alpha value is -2.05. The van der Waals surface area contributed by atoms with Gasteiger partial charge in [0.15, 0.2) is 0 Å². The molecule has 1 saturated heterocycles. The zero-order chi connectivity index (χ0) is 14.9. The Bertz CT molecular complexity index is 555. The van der Waals surface area contributed by atoms with E-state index >= 15 is 0 Å². The molecule has 0 unspecified atom stereocenters. The minimum atomic E-state index is -4.47. The van der Waals surface area contributed by atoms with E-state index in [0.29, 0.717) is 5.56 Å². The van der Waals surface area contributed by atoms with Gasteiger partial charge in [-0.25, -0.2) is 0 Å². The number of anilines is 1. The number of hydrogen-bond donors (Lipinski definition) is 1. The second-order valence-corrected chi connectivity index (χ2v) is 4.57. The number of hydrogen-bond acceptors (Lipinski definition) is 2. The Morgan fingerprint density at radius 1 is 1.25 bits per heavy atom. The summed E-state index contributed by atoms with van der Waals surface area (Å²) in [5.74, 6) is -0.705. The first-order valence-electron chi connectivity index (χ1n) is 6.04. The molecule has 0 aliphatic carbocycles. The second kappa shape index (κ2) is 5.15. The fraction of sp³-hybridized carbons (Fsp3) is 0.385. The van der Waals surface area contributed by atoms with Crippen LogP contribution in [0.25, 0.3) is 0 Å². The van der Waals surface area contributed by atoms with E-state index in [1.54, 1.807) is 6.92 Å². The molecule has 1 N–H and O–H groups in total. The lowest BCUT2D eigenvalue weighted by Crippen LogP contribution is -2.35. The van der Waals surface area contributed by atoms with Crippen molar-refractivity contribution in [2.75, 3.05) is 18.0 Å². The van der Waals surface area contributed by atoms with Gasteiger partial charge < -0.3 is 10.2 Å². The minimum Gasteiger partial charge on any atom is -0.347 e. The molecule has 2 amide bonds. The summed E-state index contributed by atoms with van der Waals surface area (Å²) >= 11 is 0. The third-order valence-electron chi connectivity index (χ3n) is 3.13. The Balaban J connectivity index is 2.40. The third kappa shape index (κ3) is 2.92. The number of rotatable bonds is 1. The molecule has 1 aromatic rings. The van der Waals surface area contributed by atoms with Crippen LogP contribution in [0, 0.1) is 6.92 Å². The topological polar surface area (TPSA) is 49.4 Å². The fourth-order valence-corrected chi connectivity index (χ4v) is 2.03.